The lowest BCUT2D eigenvalue weighted by Crippen LogP contribution is -2.26. The van der Waals surface area contributed by atoms with Crippen LogP contribution < -0.4 is 5.01 Å². The summed E-state index contributed by atoms with van der Waals surface area (Å²) < 4.78 is 2.15. The minimum absolute atomic E-state index is 0.934. The topological polar surface area (TPSA) is 36.7 Å². The normalized spacial score (nSPS) is 13.7. The summed E-state index contributed by atoms with van der Waals surface area (Å²) in [6.07, 6.45) is 7.78. The fraction of sp³-hybridized carbons (Fsp3) is 0.375. The van der Waals surface area contributed by atoms with Crippen LogP contribution in [0.5, 0.6) is 0 Å². The van der Waals surface area contributed by atoms with Crippen molar-refractivity contribution in [1.82, 2.24) is 14.6 Å². The van der Waals surface area contributed by atoms with E-state index in [4.69, 9.17) is 4.99 Å². The molecule has 0 bridgehead atoms. The molecule has 0 fully saturated rings. The second-order valence-corrected chi connectivity index (χ2v) is 5.59. The number of aliphatic imine (C=N–C) groups is 1. The summed E-state index contributed by atoms with van der Waals surface area (Å²) >= 11 is 0. The molecule has 0 aromatic carbocycles. The molecule has 5 heteroatoms. The Bertz CT molecular complexity index is 656. The molecule has 0 spiro atoms. The quantitative estimate of drug-likeness (QED) is 0.865. The third kappa shape index (κ3) is 2.69. The SMILES string of the molecule is CN(C)CCCC1=Nc2cnccc2N(C)n2cccc21. The summed E-state index contributed by atoms with van der Waals surface area (Å²) in [5, 5.41) is 2.12. The molecule has 0 atom stereocenters. The van der Waals surface area contributed by atoms with Gasteiger partial charge in [-0.2, -0.15) is 0 Å². The molecule has 21 heavy (non-hydrogen) atoms. The lowest BCUT2D eigenvalue weighted by atomic mass is 10.1. The Kier molecular flexibility index (Phi) is 3.75. The van der Waals surface area contributed by atoms with Crippen molar-refractivity contribution >= 4 is 17.1 Å². The Labute approximate surface area is 125 Å². The fourth-order valence-corrected chi connectivity index (χ4v) is 2.67. The summed E-state index contributed by atoms with van der Waals surface area (Å²) in [4.78, 5) is 11.3. The molecule has 0 radical (unpaired) electrons. The molecule has 0 saturated carbocycles. The van der Waals surface area contributed by atoms with E-state index in [9.17, 15) is 0 Å². The van der Waals surface area contributed by atoms with E-state index in [0.29, 0.717) is 0 Å². The molecular formula is C16H21N5. The van der Waals surface area contributed by atoms with Crippen molar-refractivity contribution in [3.05, 3.63) is 42.5 Å². The molecule has 0 aliphatic carbocycles. The molecular weight excluding hydrogens is 262 g/mol. The van der Waals surface area contributed by atoms with Crippen molar-refractivity contribution in [3.8, 4) is 0 Å². The van der Waals surface area contributed by atoms with Crippen LogP contribution in [0.3, 0.4) is 0 Å². The average molecular weight is 283 g/mol. The highest BCUT2D eigenvalue weighted by Gasteiger charge is 2.19. The van der Waals surface area contributed by atoms with Gasteiger partial charge in [0.15, 0.2) is 0 Å². The Hall–Kier alpha value is -2.14. The van der Waals surface area contributed by atoms with Crippen molar-refractivity contribution in [3.63, 3.8) is 0 Å². The predicted molar refractivity (Wildman–Crippen MR) is 86.5 cm³/mol. The van der Waals surface area contributed by atoms with E-state index in [1.165, 1.54) is 0 Å². The highest BCUT2D eigenvalue weighted by atomic mass is 15.5. The zero-order chi connectivity index (χ0) is 14.8. The standard InChI is InChI=1S/C16H21N5/c1-19(2)10-4-6-13-16-7-5-11-21(16)20(3)15-8-9-17-12-14(15)18-13/h5,7-9,11-12H,4,6,10H2,1-3H3. The number of nitrogens with zero attached hydrogens (tertiary/aromatic N) is 5. The second-order valence-electron chi connectivity index (χ2n) is 5.59. The highest BCUT2D eigenvalue weighted by molar-refractivity contribution is 6.02. The fourth-order valence-electron chi connectivity index (χ4n) is 2.67. The molecule has 0 amide bonds. The molecule has 1 aliphatic rings. The molecule has 0 saturated heterocycles. The lowest BCUT2D eigenvalue weighted by molar-refractivity contribution is 0.404. The van der Waals surface area contributed by atoms with E-state index < -0.39 is 0 Å². The van der Waals surface area contributed by atoms with Crippen LogP contribution in [0.25, 0.3) is 0 Å². The molecule has 0 N–H and O–H groups in total. The van der Waals surface area contributed by atoms with Gasteiger partial charge in [0.05, 0.1) is 23.3 Å². The van der Waals surface area contributed by atoms with Gasteiger partial charge in [-0.1, -0.05) is 0 Å². The van der Waals surface area contributed by atoms with Gasteiger partial charge in [-0.25, -0.2) is 4.99 Å². The predicted octanol–water partition coefficient (Wildman–Crippen LogP) is 2.56. The van der Waals surface area contributed by atoms with E-state index in [2.05, 4.69) is 59.0 Å². The van der Waals surface area contributed by atoms with Crippen LogP contribution >= 0.6 is 0 Å². The Morgan fingerprint density at radius 2 is 2.10 bits per heavy atom. The van der Waals surface area contributed by atoms with E-state index in [1.54, 1.807) is 0 Å². The first-order valence-electron chi connectivity index (χ1n) is 7.25. The Morgan fingerprint density at radius 1 is 1.24 bits per heavy atom. The number of pyridine rings is 1. The maximum absolute atomic E-state index is 4.87. The number of hydrogen-bond acceptors (Lipinski definition) is 4. The first-order valence-corrected chi connectivity index (χ1v) is 7.25. The molecule has 0 unspecified atom stereocenters. The smallest absolute Gasteiger partial charge is 0.107 e. The molecule has 3 rings (SSSR count). The number of anilines is 1. The summed E-state index contributed by atoms with van der Waals surface area (Å²) in [6.45, 7) is 1.06. The first-order chi connectivity index (χ1) is 10.2. The molecule has 2 aromatic rings. The number of aromatic nitrogens is 2. The minimum Gasteiger partial charge on any atom is -0.309 e. The zero-order valence-corrected chi connectivity index (χ0v) is 12.8. The monoisotopic (exact) mass is 283 g/mol. The number of rotatable bonds is 4. The largest absolute Gasteiger partial charge is 0.309 e. The maximum Gasteiger partial charge on any atom is 0.107 e. The zero-order valence-electron chi connectivity index (χ0n) is 12.8. The van der Waals surface area contributed by atoms with Gasteiger partial charge in [-0.3, -0.25) is 14.7 Å². The van der Waals surface area contributed by atoms with Crippen molar-refractivity contribution in [2.45, 2.75) is 12.8 Å². The van der Waals surface area contributed by atoms with Crippen molar-refractivity contribution < 1.29 is 0 Å². The van der Waals surface area contributed by atoms with Gasteiger partial charge in [-0.05, 0) is 51.7 Å². The van der Waals surface area contributed by atoms with Crippen LogP contribution in [0, 0.1) is 0 Å². The van der Waals surface area contributed by atoms with E-state index in [1.807, 2.05) is 18.5 Å². The van der Waals surface area contributed by atoms with Gasteiger partial charge in [0, 0.05) is 19.4 Å². The Morgan fingerprint density at radius 3 is 2.90 bits per heavy atom. The molecule has 5 nitrogen and oxygen atoms in total. The molecule has 110 valence electrons. The van der Waals surface area contributed by atoms with Crippen molar-refractivity contribution in [2.75, 3.05) is 32.7 Å². The number of hydrogen-bond donors (Lipinski definition) is 0. The van der Waals surface area contributed by atoms with Crippen LogP contribution in [-0.2, 0) is 0 Å². The molecule has 3 heterocycles. The van der Waals surface area contributed by atoms with Gasteiger partial charge >= 0.3 is 0 Å². The van der Waals surface area contributed by atoms with Gasteiger partial charge < -0.3 is 4.90 Å². The van der Waals surface area contributed by atoms with Gasteiger partial charge in [0.2, 0.25) is 0 Å². The second kappa shape index (κ2) is 5.69. The summed E-state index contributed by atoms with van der Waals surface area (Å²) in [6, 6.07) is 6.20. The number of fused-ring (bicyclic) bond motifs is 2. The minimum atomic E-state index is 0.934. The third-order valence-electron chi connectivity index (χ3n) is 3.75. The lowest BCUT2D eigenvalue weighted by Gasteiger charge is -2.22. The van der Waals surface area contributed by atoms with Crippen LogP contribution in [0.4, 0.5) is 11.4 Å². The van der Waals surface area contributed by atoms with Crippen LogP contribution in [0.1, 0.15) is 18.5 Å². The average Bonchev–Trinajstić information content (AvgIpc) is 2.91. The molecule has 1 aliphatic heterocycles. The van der Waals surface area contributed by atoms with Gasteiger partial charge in [0.25, 0.3) is 0 Å². The summed E-state index contributed by atoms with van der Waals surface area (Å²) in [5.41, 5.74) is 4.29. The van der Waals surface area contributed by atoms with Crippen molar-refractivity contribution in [1.29, 1.82) is 0 Å². The highest BCUT2D eigenvalue weighted by Crippen LogP contribution is 2.31. The first kappa shape index (κ1) is 13.8. The molecule has 2 aromatic heterocycles. The van der Waals surface area contributed by atoms with Crippen LogP contribution in [0.15, 0.2) is 41.8 Å². The van der Waals surface area contributed by atoms with Gasteiger partial charge in [0.1, 0.15) is 5.69 Å². The summed E-state index contributed by atoms with van der Waals surface area (Å²) in [7, 11) is 6.26. The summed E-state index contributed by atoms with van der Waals surface area (Å²) in [5.74, 6) is 0. The van der Waals surface area contributed by atoms with Crippen LogP contribution in [0.2, 0.25) is 0 Å². The van der Waals surface area contributed by atoms with E-state index >= 15 is 0 Å². The van der Waals surface area contributed by atoms with Crippen molar-refractivity contribution in [2.24, 2.45) is 4.99 Å². The third-order valence-corrected chi connectivity index (χ3v) is 3.75. The van der Waals surface area contributed by atoms with E-state index in [-0.39, 0.29) is 0 Å². The Balaban J connectivity index is 1.98. The van der Waals surface area contributed by atoms with Crippen LogP contribution in [-0.4, -0.2) is 48.0 Å². The maximum atomic E-state index is 4.87. The van der Waals surface area contributed by atoms with E-state index in [0.717, 1.165) is 42.2 Å². The van der Waals surface area contributed by atoms with Gasteiger partial charge in [-0.15, -0.1) is 0 Å².